The van der Waals surface area contributed by atoms with Crippen molar-refractivity contribution in [3.8, 4) is 11.5 Å². The molecule has 114 valence electrons. The van der Waals surface area contributed by atoms with Gasteiger partial charge in [-0.2, -0.15) is 0 Å². The van der Waals surface area contributed by atoms with Gasteiger partial charge in [0.25, 0.3) is 0 Å². The van der Waals surface area contributed by atoms with E-state index in [4.69, 9.17) is 9.47 Å². The molecule has 0 saturated carbocycles. The first-order chi connectivity index (χ1) is 9.19. The van der Waals surface area contributed by atoms with Crippen molar-refractivity contribution in [2.75, 3.05) is 13.2 Å². The van der Waals surface area contributed by atoms with Gasteiger partial charge in [0.2, 0.25) is 10.0 Å². The fourth-order valence-electron chi connectivity index (χ4n) is 1.66. The van der Waals surface area contributed by atoms with Gasteiger partial charge in [-0.3, -0.25) is 0 Å². The number of hydrogen-bond donors (Lipinski definition) is 1. The minimum atomic E-state index is -3.58. The summed E-state index contributed by atoms with van der Waals surface area (Å²) < 4.78 is 38.0. The normalized spacial score (nSPS) is 12.2. The molecule has 1 rings (SSSR count). The van der Waals surface area contributed by atoms with Gasteiger partial charge in [0, 0.05) is 11.6 Å². The maximum absolute atomic E-state index is 12.3. The molecule has 0 aliphatic rings. The summed E-state index contributed by atoms with van der Waals surface area (Å²) in [4.78, 5) is 0.166. The quantitative estimate of drug-likeness (QED) is 0.877. The summed E-state index contributed by atoms with van der Waals surface area (Å²) in [7, 11) is -3.58. The van der Waals surface area contributed by atoms with Crippen LogP contribution in [-0.2, 0) is 10.0 Å². The zero-order chi connectivity index (χ0) is 15.4. The Bertz CT molecular complexity index is 547. The monoisotopic (exact) mass is 301 g/mol. The van der Waals surface area contributed by atoms with Gasteiger partial charge in [-0.1, -0.05) is 0 Å². The highest BCUT2D eigenvalue weighted by molar-refractivity contribution is 7.89. The molecule has 1 aromatic carbocycles. The molecule has 5 nitrogen and oxygen atoms in total. The first kappa shape index (κ1) is 16.8. The molecule has 0 radical (unpaired) electrons. The molecule has 0 aliphatic heterocycles. The number of nitrogens with one attached hydrogen (secondary N) is 1. The summed E-state index contributed by atoms with van der Waals surface area (Å²) in [6.45, 7) is 10.0. The third-order valence-corrected chi connectivity index (χ3v) is 4.02. The zero-order valence-electron chi connectivity index (χ0n) is 12.7. The van der Waals surface area contributed by atoms with E-state index in [2.05, 4.69) is 4.72 Å². The maximum atomic E-state index is 12.3. The molecular weight excluding hydrogens is 278 g/mol. The SMILES string of the molecule is CCOc1ccc(S(=O)(=O)NC(C)(C)C)cc1OCC. The van der Waals surface area contributed by atoms with Gasteiger partial charge in [-0.05, 0) is 46.8 Å². The molecule has 0 spiro atoms. The van der Waals surface area contributed by atoms with E-state index in [-0.39, 0.29) is 4.90 Å². The average molecular weight is 301 g/mol. The van der Waals surface area contributed by atoms with Gasteiger partial charge in [-0.15, -0.1) is 0 Å². The lowest BCUT2D eigenvalue weighted by Crippen LogP contribution is -2.40. The lowest BCUT2D eigenvalue weighted by molar-refractivity contribution is 0.287. The van der Waals surface area contributed by atoms with Crippen molar-refractivity contribution in [2.24, 2.45) is 0 Å². The van der Waals surface area contributed by atoms with E-state index in [1.165, 1.54) is 12.1 Å². The van der Waals surface area contributed by atoms with Gasteiger partial charge in [0.15, 0.2) is 11.5 Å². The molecule has 0 amide bonds. The minimum absolute atomic E-state index is 0.166. The summed E-state index contributed by atoms with van der Waals surface area (Å²) in [5.41, 5.74) is -0.538. The first-order valence-electron chi connectivity index (χ1n) is 6.63. The van der Waals surface area contributed by atoms with E-state index < -0.39 is 15.6 Å². The molecule has 0 aromatic heterocycles. The van der Waals surface area contributed by atoms with Crippen LogP contribution < -0.4 is 14.2 Å². The first-order valence-corrected chi connectivity index (χ1v) is 8.11. The second-order valence-electron chi connectivity index (χ2n) is 5.33. The molecule has 0 atom stereocenters. The average Bonchev–Trinajstić information content (AvgIpc) is 2.28. The molecule has 0 unspecified atom stereocenters. The number of hydrogen-bond acceptors (Lipinski definition) is 4. The summed E-state index contributed by atoms with van der Waals surface area (Å²) in [6, 6.07) is 4.62. The van der Waals surface area contributed by atoms with Crippen molar-refractivity contribution < 1.29 is 17.9 Å². The Balaban J connectivity index is 3.17. The fraction of sp³-hybridized carbons (Fsp3) is 0.571. The fourth-order valence-corrected chi connectivity index (χ4v) is 3.09. The van der Waals surface area contributed by atoms with E-state index in [1.807, 2.05) is 13.8 Å². The molecule has 20 heavy (non-hydrogen) atoms. The third-order valence-electron chi connectivity index (χ3n) is 2.27. The van der Waals surface area contributed by atoms with Gasteiger partial charge in [0.05, 0.1) is 18.1 Å². The van der Waals surface area contributed by atoms with Gasteiger partial charge in [0.1, 0.15) is 0 Å². The molecular formula is C14H23NO4S. The van der Waals surface area contributed by atoms with E-state index in [0.29, 0.717) is 24.7 Å². The van der Waals surface area contributed by atoms with Crippen LogP contribution in [0, 0.1) is 0 Å². The van der Waals surface area contributed by atoms with Crippen LogP contribution in [0.25, 0.3) is 0 Å². The van der Waals surface area contributed by atoms with Gasteiger partial charge in [-0.25, -0.2) is 13.1 Å². The number of ether oxygens (including phenoxy) is 2. The van der Waals surface area contributed by atoms with E-state index in [9.17, 15) is 8.42 Å². The highest BCUT2D eigenvalue weighted by atomic mass is 32.2. The summed E-state index contributed by atoms with van der Waals surface area (Å²) in [5.74, 6) is 0.982. The molecule has 0 aliphatic carbocycles. The Morgan fingerprint density at radius 1 is 1.05 bits per heavy atom. The van der Waals surface area contributed by atoms with Crippen LogP contribution in [0.3, 0.4) is 0 Å². The maximum Gasteiger partial charge on any atom is 0.241 e. The molecule has 0 saturated heterocycles. The standard InChI is InChI=1S/C14H23NO4S/c1-6-18-12-9-8-11(10-13(12)19-7-2)20(16,17)15-14(3,4)5/h8-10,15H,6-7H2,1-5H3. The smallest absolute Gasteiger partial charge is 0.241 e. The Morgan fingerprint density at radius 3 is 2.10 bits per heavy atom. The van der Waals surface area contributed by atoms with Crippen LogP contribution >= 0.6 is 0 Å². The molecule has 6 heteroatoms. The molecule has 1 aromatic rings. The van der Waals surface area contributed by atoms with Crippen molar-refractivity contribution in [3.63, 3.8) is 0 Å². The van der Waals surface area contributed by atoms with E-state index in [0.717, 1.165) is 0 Å². The molecule has 0 bridgehead atoms. The highest BCUT2D eigenvalue weighted by Crippen LogP contribution is 2.30. The topological polar surface area (TPSA) is 64.6 Å². The van der Waals surface area contributed by atoms with Crippen molar-refractivity contribution in [3.05, 3.63) is 18.2 Å². The van der Waals surface area contributed by atoms with Crippen LogP contribution in [0.2, 0.25) is 0 Å². The zero-order valence-corrected chi connectivity index (χ0v) is 13.5. The summed E-state index contributed by atoms with van der Waals surface area (Å²) in [6.07, 6.45) is 0. The summed E-state index contributed by atoms with van der Waals surface area (Å²) in [5, 5.41) is 0. The van der Waals surface area contributed by atoms with Crippen LogP contribution in [0.1, 0.15) is 34.6 Å². The Labute approximate surface area is 121 Å². The van der Waals surface area contributed by atoms with Crippen molar-refractivity contribution in [1.29, 1.82) is 0 Å². The summed E-state index contributed by atoms with van der Waals surface area (Å²) >= 11 is 0. The van der Waals surface area contributed by atoms with E-state index >= 15 is 0 Å². The second kappa shape index (κ2) is 6.45. The lowest BCUT2D eigenvalue weighted by atomic mass is 10.1. The Morgan fingerprint density at radius 2 is 1.60 bits per heavy atom. The number of sulfonamides is 1. The van der Waals surface area contributed by atoms with Crippen molar-refractivity contribution in [1.82, 2.24) is 4.72 Å². The predicted octanol–water partition coefficient (Wildman–Crippen LogP) is 2.56. The van der Waals surface area contributed by atoms with Crippen molar-refractivity contribution >= 4 is 10.0 Å². The second-order valence-corrected chi connectivity index (χ2v) is 7.01. The van der Waals surface area contributed by atoms with Crippen molar-refractivity contribution in [2.45, 2.75) is 45.1 Å². The number of rotatable bonds is 6. The lowest BCUT2D eigenvalue weighted by Gasteiger charge is -2.21. The van der Waals surface area contributed by atoms with Gasteiger partial charge < -0.3 is 9.47 Å². The highest BCUT2D eigenvalue weighted by Gasteiger charge is 2.23. The Kier molecular flexibility index (Phi) is 5.42. The van der Waals surface area contributed by atoms with Crippen LogP contribution in [0.15, 0.2) is 23.1 Å². The van der Waals surface area contributed by atoms with Crippen LogP contribution in [-0.4, -0.2) is 27.2 Å². The number of benzene rings is 1. The minimum Gasteiger partial charge on any atom is -0.490 e. The van der Waals surface area contributed by atoms with Crippen LogP contribution in [0.5, 0.6) is 11.5 Å². The van der Waals surface area contributed by atoms with Crippen LogP contribution in [0.4, 0.5) is 0 Å². The third kappa shape index (κ3) is 4.68. The van der Waals surface area contributed by atoms with Gasteiger partial charge >= 0.3 is 0 Å². The molecule has 0 heterocycles. The Hall–Kier alpha value is -1.27. The molecule has 1 N–H and O–H groups in total. The van der Waals surface area contributed by atoms with E-state index in [1.54, 1.807) is 26.8 Å². The predicted molar refractivity (Wildman–Crippen MR) is 78.9 cm³/mol. The largest absolute Gasteiger partial charge is 0.490 e. The molecule has 0 fully saturated rings.